The molecular formula is C15H15N. The van der Waals surface area contributed by atoms with Crippen LogP contribution in [0.3, 0.4) is 0 Å². The quantitative estimate of drug-likeness (QED) is 0.757. The van der Waals surface area contributed by atoms with Crippen LogP contribution in [0, 0.1) is 6.92 Å². The molecule has 1 atom stereocenters. The van der Waals surface area contributed by atoms with E-state index in [0.29, 0.717) is 5.92 Å². The molecule has 1 heteroatoms. The molecule has 1 N–H and O–H groups in total. The molecule has 0 bridgehead atoms. The summed E-state index contributed by atoms with van der Waals surface area (Å²) in [6, 6.07) is 17.3. The number of aryl methyl sites for hydroxylation is 1. The van der Waals surface area contributed by atoms with E-state index in [2.05, 4.69) is 60.8 Å². The number of nitrogens with one attached hydrogen (secondary N) is 1. The smallest absolute Gasteiger partial charge is 0.0379 e. The van der Waals surface area contributed by atoms with Gasteiger partial charge in [-0.25, -0.2) is 0 Å². The molecule has 16 heavy (non-hydrogen) atoms. The third-order valence-corrected chi connectivity index (χ3v) is 3.40. The van der Waals surface area contributed by atoms with E-state index in [1.54, 1.807) is 0 Å². The molecule has 1 aliphatic heterocycles. The van der Waals surface area contributed by atoms with Crippen molar-refractivity contribution in [3.05, 3.63) is 65.2 Å². The summed E-state index contributed by atoms with van der Waals surface area (Å²) >= 11 is 0. The van der Waals surface area contributed by atoms with E-state index in [1.165, 1.54) is 22.4 Å². The largest absolute Gasteiger partial charge is 0.384 e. The lowest BCUT2D eigenvalue weighted by Gasteiger charge is -2.13. The zero-order chi connectivity index (χ0) is 11.0. The van der Waals surface area contributed by atoms with Crippen LogP contribution in [0.25, 0.3) is 0 Å². The summed E-state index contributed by atoms with van der Waals surface area (Å²) in [5, 5.41) is 3.48. The van der Waals surface area contributed by atoms with E-state index >= 15 is 0 Å². The normalized spacial score (nSPS) is 17.9. The van der Waals surface area contributed by atoms with Crippen LogP contribution in [0.5, 0.6) is 0 Å². The molecule has 2 aromatic rings. The van der Waals surface area contributed by atoms with Crippen LogP contribution in [0.4, 0.5) is 5.69 Å². The molecule has 0 fully saturated rings. The number of benzene rings is 2. The van der Waals surface area contributed by atoms with E-state index in [1.807, 2.05) is 0 Å². The van der Waals surface area contributed by atoms with Crippen molar-refractivity contribution in [3.63, 3.8) is 0 Å². The van der Waals surface area contributed by atoms with Crippen LogP contribution in [-0.2, 0) is 0 Å². The van der Waals surface area contributed by atoms with Crippen molar-refractivity contribution < 1.29 is 0 Å². The highest BCUT2D eigenvalue weighted by Crippen LogP contribution is 2.36. The van der Waals surface area contributed by atoms with Crippen LogP contribution >= 0.6 is 0 Å². The van der Waals surface area contributed by atoms with Crippen LogP contribution in [-0.4, -0.2) is 6.54 Å². The standard InChI is InChI=1S/C15H15N/c1-11-6-2-3-7-12(11)14-10-16-15-9-5-4-8-13(14)15/h2-9,14,16H,10H2,1H3. The van der Waals surface area contributed by atoms with Crippen molar-refractivity contribution in [2.75, 3.05) is 11.9 Å². The molecule has 0 aliphatic carbocycles. The zero-order valence-corrected chi connectivity index (χ0v) is 9.40. The fourth-order valence-electron chi connectivity index (χ4n) is 2.54. The van der Waals surface area contributed by atoms with Gasteiger partial charge in [0.05, 0.1) is 0 Å². The van der Waals surface area contributed by atoms with E-state index in [9.17, 15) is 0 Å². The molecule has 2 aromatic carbocycles. The van der Waals surface area contributed by atoms with Gasteiger partial charge in [0.25, 0.3) is 0 Å². The van der Waals surface area contributed by atoms with Gasteiger partial charge in [-0.05, 0) is 29.7 Å². The number of hydrogen-bond acceptors (Lipinski definition) is 1. The van der Waals surface area contributed by atoms with Gasteiger partial charge in [-0.2, -0.15) is 0 Å². The molecule has 3 rings (SSSR count). The minimum atomic E-state index is 0.511. The summed E-state index contributed by atoms with van der Waals surface area (Å²) in [6.07, 6.45) is 0. The predicted molar refractivity (Wildman–Crippen MR) is 68.0 cm³/mol. The number of anilines is 1. The second-order valence-corrected chi connectivity index (χ2v) is 4.38. The summed E-state index contributed by atoms with van der Waals surface area (Å²) in [6.45, 7) is 3.21. The van der Waals surface area contributed by atoms with E-state index in [0.717, 1.165) is 6.54 Å². The molecule has 80 valence electrons. The highest BCUT2D eigenvalue weighted by molar-refractivity contribution is 5.61. The van der Waals surface area contributed by atoms with Gasteiger partial charge in [-0.15, -0.1) is 0 Å². The highest BCUT2D eigenvalue weighted by atomic mass is 14.9. The lowest BCUT2D eigenvalue weighted by Crippen LogP contribution is -2.05. The van der Waals surface area contributed by atoms with Crippen molar-refractivity contribution in [3.8, 4) is 0 Å². The van der Waals surface area contributed by atoms with E-state index in [4.69, 9.17) is 0 Å². The number of hydrogen-bond donors (Lipinski definition) is 1. The van der Waals surface area contributed by atoms with Crippen molar-refractivity contribution in [2.24, 2.45) is 0 Å². The van der Waals surface area contributed by atoms with Crippen LogP contribution in [0.1, 0.15) is 22.6 Å². The first kappa shape index (κ1) is 9.46. The van der Waals surface area contributed by atoms with Crippen LogP contribution in [0.15, 0.2) is 48.5 Å². The summed E-state index contributed by atoms with van der Waals surface area (Å²) in [5.74, 6) is 0.511. The van der Waals surface area contributed by atoms with Crippen molar-refractivity contribution in [1.29, 1.82) is 0 Å². The average molecular weight is 209 g/mol. The molecule has 0 saturated carbocycles. The SMILES string of the molecule is Cc1ccccc1C1CNc2ccccc21. The summed E-state index contributed by atoms with van der Waals surface area (Å²) < 4.78 is 0. The minimum Gasteiger partial charge on any atom is -0.384 e. The first-order chi connectivity index (χ1) is 7.86. The topological polar surface area (TPSA) is 12.0 Å². The molecule has 0 amide bonds. The maximum absolute atomic E-state index is 3.48. The molecule has 0 radical (unpaired) electrons. The highest BCUT2D eigenvalue weighted by Gasteiger charge is 2.23. The summed E-state index contributed by atoms with van der Waals surface area (Å²) in [4.78, 5) is 0. The molecule has 1 aliphatic rings. The first-order valence-corrected chi connectivity index (χ1v) is 5.74. The van der Waals surface area contributed by atoms with Gasteiger partial charge in [0.2, 0.25) is 0 Å². The molecule has 1 nitrogen and oxygen atoms in total. The van der Waals surface area contributed by atoms with Gasteiger partial charge in [0.1, 0.15) is 0 Å². The number of rotatable bonds is 1. The van der Waals surface area contributed by atoms with Gasteiger partial charge in [0.15, 0.2) is 0 Å². The number of fused-ring (bicyclic) bond motifs is 1. The lowest BCUT2D eigenvalue weighted by atomic mass is 9.90. The molecular weight excluding hydrogens is 194 g/mol. The van der Waals surface area contributed by atoms with Crippen LogP contribution < -0.4 is 5.32 Å². The fourth-order valence-corrected chi connectivity index (χ4v) is 2.54. The van der Waals surface area contributed by atoms with Gasteiger partial charge in [-0.3, -0.25) is 0 Å². The molecule has 0 spiro atoms. The number of para-hydroxylation sites is 1. The minimum absolute atomic E-state index is 0.511. The van der Waals surface area contributed by atoms with Crippen molar-refractivity contribution in [2.45, 2.75) is 12.8 Å². The molecule has 0 saturated heterocycles. The zero-order valence-electron chi connectivity index (χ0n) is 9.40. The van der Waals surface area contributed by atoms with Crippen LogP contribution in [0.2, 0.25) is 0 Å². The Hall–Kier alpha value is -1.76. The Balaban J connectivity index is 2.08. The lowest BCUT2D eigenvalue weighted by molar-refractivity contribution is 0.896. The van der Waals surface area contributed by atoms with E-state index < -0.39 is 0 Å². The Bertz CT molecular complexity index is 516. The molecule has 0 aromatic heterocycles. The van der Waals surface area contributed by atoms with E-state index in [-0.39, 0.29) is 0 Å². The second-order valence-electron chi connectivity index (χ2n) is 4.38. The second kappa shape index (κ2) is 3.67. The summed E-state index contributed by atoms with van der Waals surface area (Å²) in [7, 11) is 0. The van der Waals surface area contributed by atoms with Gasteiger partial charge in [-0.1, -0.05) is 42.5 Å². The Morgan fingerprint density at radius 3 is 2.44 bits per heavy atom. The molecule has 1 heterocycles. The summed E-state index contributed by atoms with van der Waals surface area (Å²) in [5.41, 5.74) is 5.54. The molecule has 1 unspecified atom stereocenters. The fraction of sp³-hybridized carbons (Fsp3) is 0.200. The Morgan fingerprint density at radius 2 is 1.62 bits per heavy atom. The van der Waals surface area contributed by atoms with Gasteiger partial charge < -0.3 is 5.32 Å². The average Bonchev–Trinajstić information content (AvgIpc) is 2.74. The maximum Gasteiger partial charge on any atom is 0.0379 e. The Morgan fingerprint density at radius 1 is 0.938 bits per heavy atom. The predicted octanol–water partition coefficient (Wildman–Crippen LogP) is 3.55. The third-order valence-electron chi connectivity index (χ3n) is 3.40. The van der Waals surface area contributed by atoms with Gasteiger partial charge >= 0.3 is 0 Å². The third kappa shape index (κ3) is 1.40. The Labute approximate surface area is 96.1 Å². The van der Waals surface area contributed by atoms with Crippen molar-refractivity contribution in [1.82, 2.24) is 0 Å². The van der Waals surface area contributed by atoms with Crippen molar-refractivity contribution >= 4 is 5.69 Å². The Kier molecular flexibility index (Phi) is 2.17. The monoisotopic (exact) mass is 209 g/mol. The maximum atomic E-state index is 3.48. The first-order valence-electron chi connectivity index (χ1n) is 5.74. The van der Waals surface area contributed by atoms with Gasteiger partial charge in [0, 0.05) is 18.2 Å².